The summed E-state index contributed by atoms with van der Waals surface area (Å²) in [5, 5.41) is 17.7. The summed E-state index contributed by atoms with van der Waals surface area (Å²) in [6.45, 7) is 3.51. The van der Waals surface area contributed by atoms with Gasteiger partial charge in [0.1, 0.15) is 6.61 Å². The van der Waals surface area contributed by atoms with E-state index in [4.69, 9.17) is 27.9 Å². The maximum absolute atomic E-state index is 11.8. The highest BCUT2D eigenvalue weighted by Gasteiger charge is 2.19. The molecular weight excluding hydrogens is 393 g/mol. The van der Waals surface area contributed by atoms with Gasteiger partial charge in [-0.25, -0.2) is 15.1 Å². The Morgan fingerprint density at radius 3 is 2.59 bits per heavy atom. The molecule has 142 valence electrons. The minimum absolute atomic E-state index is 0.00170. The zero-order valence-electron chi connectivity index (χ0n) is 14.5. The van der Waals surface area contributed by atoms with E-state index in [2.05, 4.69) is 20.6 Å². The Hall–Kier alpha value is -2.55. The highest BCUT2D eigenvalue weighted by molar-refractivity contribution is 6.37. The van der Waals surface area contributed by atoms with Crippen molar-refractivity contribution in [3.05, 3.63) is 56.6 Å². The zero-order chi connectivity index (χ0) is 19.6. The van der Waals surface area contributed by atoms with Crippen molar-refractivity contribution in [1.82, 2.24) is 15.6 Å². The van der Waals surface area contributed by atoms with Gasteiger partial charge in [-0.3, -0.25) is 10.2 Å². The van der Waals surface area contributed by atoms with Crippen molar-refractivity contribution >= 4 is 34.7 Å². The highest BCUT2D eigenvalue weighted by atomic mass is 35.5. The van der Waals surface area contributed by atoms with Crippen LogP contribution in [0.4, 0.5) is 5.69 Å². The molecule has 0 amide bonds. The van der Waals surface area contributed by atoms with Crippen LogP contribution in [-0.4, -0.2) is 27.7 Å². The second-order valence-corrected chi connectivity index (χ2v) is 6.78. The number of ether oxygens (including phenoxy) is 1. The van der Waals surface area contributed by atoms with Crippen LogP contribution in [-0.2, 0) is 0 Å². The first-order chi connectivity index (χ1) is 12.9. The third-order valence-corrected chi connectivity index (χ3v) is 4.34. The van der Waals surface area contributed by atoms with E-state index in [0.29, 0.717) is 17.1 Å². The van der Waals surface area contributed by atoms with Gasteiger partial charge in [0.2, 0.25) is 5.88 Å². The Morgan fingerprint density at radius 1 is 1.26 bits per heavy atom. The fourth-order valence-electron chi connectivity index (χ4n) is 2.46. The van der Waals surface area contributed by atoms with Crippen LogP contribution in [0, 0.1) is 0 Å². The molecule has 27 heavy (non-hydrogen) atoms. The lowest BCUT2D eigenvalue weighted by Gasteiger charge is -2.27. The predicted molar refractivity (Wildman–Crippen MR) is 105 cm³/mol. The van der Waals surface area contributed by atoms with Gasteiger partial charge in [-0.05, 0) is 18.1 Å². The molecule has 0 fully saturated rings. The summed E-state index contributed by atoms with van der Waals surface area (Å²) in [7, 11) is 0. The molecule has 0 bridgehead atoms. The average Bonchev–Trinajstić information content (AvgIpc) is 2.65. The molecule has 10 heteroatoms. The number of aliphatic hydroxyl groups is 1. The van der Waals surface area contributed by atoms with Gasteiger partial charge in [0.15, 0.2) is 11.6 Å². The molecule has 0 spiro atoms. The van der Waals surface area contributed by atoms with Crippen molar-refractivity contribution < 1.29 is 9.84 Å². The fraction of sp³-hybridized carbons (Fsp3) is 0.235. The normalized spacial score (nSPS) is 13.6. The Bertz CT molecular complexity index is 948. The summed E-state index contributed by atoms with van der Waals surface area (Å²) in [6.07, 6.45) is 3.12. The van der Waals surface area contributed by atoms with E-state index in [1.165, 1.54) is 11.2 Å². The van der Waals surface area contributed by atoms with Gasteiger partial charge < -0.3 is 9.84 Å². The maximum Gasteiger partial charge on any atom is 0.267 e. The molecule has 0 unspecified atom stereocenters. The monoisotopic (exact) mass is 409 g/mol. The van der Waals surface area contributed by atoms with Gasteiger partial charge in [-0.1, -0.05) is 37.0 Å². The van der Waals surface area contributed by atoms with E-state index in [-0.39, 0.29) is 39.8 Å². The quantitative estimate of drug-likeness (QED) is 0.700. The summed E-state index contributed by atoms with van der Waals surface area (Å²) < 4.78 is 5.70. The minimum atomic E-state index is -0.274. The standard InChI is InChI=1S/C17H17Cl2N5O3/c1-9(2)11-7-15(22-23-17(11)26)27-16-12(18)5-10(6-13(16)19)24-14(8-25)20-3-4-21-24/h3-7,9,21,25H,8H2,1-2H3,(H,23,26). The number of aliphatic imine (C=N–C) groups is 1. The molecule has 1 aliphatic heterocycles. The van der Waals surface area contributed by atoms with Crippen LogP contribution in [0.3, 0.4) is 0 Å². The van der Waals surface area contributed by atoms with Gasteiger partial charge in [0.25, 0.3) is 5.56 Å². The van der Waals surface area contributed by atoms with Gasteiger partial charge in [-0.15, -0.1) is 5.10 Å². The molecule has 1 aromatic carbocycles. The number of rotatable bonds is 5. The number of H-pyrrole nitrogens is 1. The first-order valence-corrected chi connectivity index (χ1v) is 8.81. The second-order valence-electron chi connectivity index (χ2n) is 5.97. The smallest absolute Gasteiger partial charge is 0.267 e. The fourth-order valence-corrected chi connectivity index (χ4v) is 3.01. The van der Waals surface area contributed by atoms with E-state index in [9.17, 15) is 9.90 Å². The maximum atomic E-state index is 11.8. The molecule has 0 saturated carbocycles. The van der Waals surface area contributed by atoms with E-state index >= 15 is 0 Å². The molecule has 0 saturated heterocycles. The Balaban J connectivity index is 1.92. The van der Waals surface area contributed by atoms with Gasteiger partial charge in [-0.2, -0.15) is 0 Å². The van der Waals surface area contributed by atoms with Crippen LogP contribution >= 0.6 is 23.2 Å². The van der Waals surface area contributed by atoms with Crippen molar-refractivity contribution in [1.29, 1.82) is 0 Å². The number of amidine groups is 1. The van der Waals surface area contributed by atoms with Crippen molar-refractivity contribution in [3.63, 3.8) is 0 Å². The molecule has 1 aliphatic rings. The number of benzene rings is 1. The van der Waals surface area contributed by atoms with Gasteiger partial charge in [0, 0.05) is 24.0 Å². The predicted octanol–water partition coefficient (Wildman–Crippen LogP) is 3.18. The number of hydrogen-bond acceptors (Lipinski definition) is 7. The number of aliphatic hydroxyl groups excluding tert-OH is 1. The van der Waals surface area contributed by atoms with Crippen molar-refractivity contribution in [3.8, 4) is 11.6 Å². The number of hydrogen-bond donors (Lipinski definition) is 3. The number of nitrogens with zero attached hydrogens (tertiary/aromatic N) is 3. The Kier molecular flexibility index (Phi) is 5.69. The first-order valence-electron chi connectivity index (χ1n) is 8.06. The molecule has 2 aromatic rings. The van der Waals surface area contributed by atoms with Gasteiger partial charge >= 0.3 is 0 Å². The van der Waals surface area contributed by atoms with E-state index in [1.54, 1.807) is 24.4 Å². The number of hydrazine groups is 1. The summed E-state index contributed by atoms with van der Waals surface area (Å²) >= 11 is 12.7. The van der Waals surface area contributed by atoms with Crippen LogP contribution in [0.25, 0.3) is 0 Å². The number of halogens is 2. The molecule has 8 nitrogen and oxygen atoms in total. The van der Waals surface area contributed by atoms with Crippen molar-refractivity contribution in [2.24, 2.45) is 4.99 Å². The Labute approximate surface area is 165 Å². The number of anilines is 1. The second kappa shape index (κ2) is 7.99. The van der Waals surface area contributed by atoms with Crippen LogP contribution in [0.15, 0.2) is 40.4 Å². The lowest BCUT2D eigenvalue weighted by atomic mass is 10.1. The molecule has 0 atom stereocenters. The largest absolute Gasteiger partial charge is 0.434 e. The minimum Gasteiger partial charge on any atom is -0.434 e. The lowest BCUT2D eigenvalue weighted by molar-refractivity contribution is 0.354. The summed E-state index contributed by atoms with van der Waals surface area (Å²) in [5.74, 6) is 0.752. The summed E-state index contributed by atoms with van der Waals surface area (Å²) in [4.78, 5) is 15.9. The highest BCUT2D eigenvalue weighted by Crippen LogP contribution is 2.39. The number of nitrogens with one attached hydrogen (secondary N) is 2. The first kappa shape index (κ1) is 19.2. The van der Waals surface area contributed by atoms with E-state index in [1.807, 2.05) is 13.8 Å². The number of aromatic nitrogens is 2. The van der Waals surface area contributed by atoms with Crippen molar-refractivity contribution in [2.45, 2.75) is 19.8 Å². The zero-order valence-corrected chi connectivity index (χ0v) is 16.0. The third kappa shape index (κ3) is 4.08. The molecule has 2 heterocycles. The molecule has 0 aliphatic carbocycles. The van der Waals surface area contributed by atoms with Crippen LogP contribution in [0.1, 0.15) is 25.3 Å². The molecule has 3 rings (SSSR count). The van der Waals surface area contributed by atoms with Gasteiger partial charge in [0.05, 0.1) is 15.7 Å². The van der Waals surface area contributed by atoms with Crippen molar-refractivity contribution in [2.75, 3.05) is 11.6 Å². The lowest BCUT2D eigenvalue weighted by Crippen LogP contribution is -2.43. The van der Waals surface area contributed by atoms with Crippen LogP contribution < -0.4 is 20.7 Å². The topological polar surface area (TPSA) is 103 Å². The Morgan fingerprint density at radius 2 is 1.96 bits per heavy atom. The third-order valence-electron chi connectivity index (χ3n) is 3.78. The summed E-state index contributed by atoms with van der Waals surface area (Å²) in [6, 6.07) is 4.77. The average molecular weight is 410 g/mol. The van der Waals surface area contributed by atoms with E-state index in [0.717, 1.165) is 0 Å². The van der Waals surface area contributed by atoms with Crippen LogP contribution in [0.5, 0.6) is 11.6 Å². The van der Waals surface area contributed by atoms with Crippen LogP contribution in [0.2, 0.25) is 10.0 Å². The molecular formula is C17H17Cl2N5O3. The molecule has 0 radical (unpaired) electrons. The SMILES string of the molecule is CC(C)c1cc(Oc2c(Cl)cc(N3NC=CN=C3CO)cc2Cl)n[nH]c1=O. The molecule has 3 N–H and O–H groups in total. The summed E-state index contributed by atoms with van der Waals surface area (Å²) in [5.41, 5.74) is 3.77. The van der Waals surface area contributed by atoms with E-state index < -0.39 is 0 Å². The molecule has 1 aromatic heterocycles. The number of aromatic amines is 1.